The zero-order valence-corrected chi connectivity index (χ0v) is 13.0. The van der Waals surface area contributed by atoms with E-state index in [0.717, 1.165) is 13.1 Å². The molecule has 1 heterocycles. The normalized spacial score (nSPS) is 12.1. The third-order valence-corrected chi connectivity index (χ3v) is 2.74. The van der Waals surface area contributed by atoms with E-state index in [1.807, 2.05) is 18.7 Å². The van der Waals surface area contributed by atoms with Crippen LogP contribution in [0.25, 0.3) is 0 Å². The van der Waals surface area contributed by atoms with E-state index in [2.05, 4.69) is 34.1 Å². The molecule has 0 spiro atoms. The Morgan fingerprint density at radius 2 is 1.85 bits per heavy atom. The smallest absolute Gasteiger partial charge is 0.323 e. The van der Waals surface area contributed by atoms with Crippen molar-refractivity contribution in [2.45, 2.75) is 33.8 Å². The highest BCUT2D eigenvalue weighted by molar-refractivity contribution is 5.37. The Labute approximate surface area is 120 Å². The number of hydrogen-bond acceptors (Lipinski definition) is 7. The molecule has 1 N–H and O–H groups in total. The molecule has 20 heavy (non-hydrogen) atoms. The monoisotopic (exact) mass is 283 g/mol. The summed E-state index contributed by atoms with van der Waals surface area (Å²) in [6.07, 6.45) is -0.105. The fraction of sp³-hybridized carbons (Fsp3) is 0.769. The van der Waals surface area contributed by atoms with E-state index >= 15 is 0 Å². The van der Waals surface area contributed by atoms with Gasteiger partial charge in [-0.15, -0.1) is 0 Å². The van der Waals surface area contributed by atoms with Gasteiger partial charge in [0.05, 0.1) is 6.61 Å². The highest BCUT2D eigenvalue weighted by atomic mass is 16.5. The molecule has 0 radical (unpaired) electrons. The molecule has 0 aliphatic carbocycles. The minimum atomic E-state index is -0.105. The highest BCUT2D eigenvalue weighted by Crippen LogP contribution is 2.15. The molecule has 1 aromatic heterocycles. The molecule has 7 nitrogen and oxygen atoms in total. The maximum absolute atomic E-state index is 5.68. The van der Waals surface area contributed by atoms with E-state index in [9.17, 15) is 0 Å². The molecule has 0 fully saturated rings. The summed E-state index contributed by atoms with van der Waals surface area (Å²) in [5.41, 5.74) is 0. The molecule has 7 heteroatoms. The van der Waals surface area contributed by atoms with E-state index in [1.165, 1.54) is 0 Å². The Hall–Kier alpha value is -1.63. The molecule has 114 valence electrons. The van der Waals surface area contributed by atoms with Gasteiger partial charge in [0, 0.05) is 26.7 Å². The number of aromatic nitrogens is 3. The first-order valence-electron chi connectivity index (χ1n) is 7.07. The lowest BCUT2D eigenvalue weighted by atomic mass is 10.4. The summed E-state index contributed by atoms with van der Waals surface area (Å²) in [6.45, 7) is 10.8. The van der Waals surface area contributed by atoms with Crippen LogP contribution in [0.3, 0.4) is 0 Å². The average Bonchev–Trinajstić information content (AvgIpc) is 2.46. The van der Waals surface area contributed by atoms with Crippen molar-refractivity contribution in [1.29, 1.82) is 0 Å². The van der Waals surface area contributed by atoms with Crippen molar-refractivity contribution in [1.82, 2.24) is 15.0 Å². The van der Waals surface area contributed by atoms with Gasteiger partial charge in [0.2, 0.25) is 11.9 Å². The van der Waals surface area contributed by atoms with Gasteiger partial charge in [-0.05, 0) is 27.7 Å². The highest BCUT2D eigenvalue weighted by Gasteiger charge is 2.13. The predicted molar refractivity (Wildman–Crippen MR) is 79.5 cm³/mol. The Kier molecular flexibility index (Phi) is 7.00. The number of ether oxygens (including phenoxy) is 2. The summed E-state index contributed by atoms with van der Waals surface area (Å²) in [4.78, 5) is 15.0. The lowest BCUT2D eigenvalue weighted by molar-refractivity contribution is 0.0607. The predicted octanol–water partition coefficient (Wildman–Crippen LogP) is 1.56. The third kappa shape index (κ3) is 4.80. The molecule has 1 aromatic rings. The number of nitrogens with one attached hydrogen (secondary N) is 1. The van der Waals surface area contributed by atoms with Gasteiger partial charge in [-0.2, -0.15) is 15.0 Å². The SMILES string of the molecule is CCOCC(C)Oc1nc(NC)nc(N(CC)CC)n1. The summed E-state index contributed by atoms with van der Waals surface area (Å²) < 4.78 is 11.0. The van der Waals surface area contributed by atoms with Gasteiger partial charge in [-0.25, -0.2) is 0 Å². The van der Waals surface area contributed by atoms with Crippen LogP contribution in [-0.2, 0) is 4.74 Å². The third-order valence-electron chi connectivity index (χ3n) is 2.74. The molecule has 1 rings (SSSR count). The second kappa shape index (κ2) is 8.52. The number of nitrogens with zero attached hydrogens (tertiary/aromatic N) is 4. The second-order valence-electron chi connectivity index (χ2n) is 4.25. The lowest BCUT2D eigenvalue weighted by Gasteiger charge is -2.20. The molecule has 0 aliphatic heterocycles. The quantitative estimate of drug-likeness (QED) is 0.737. The summed E-state index contributed by atoms with van der Waals surface area (Å²) in [5.74, 6) is 1.12. The maximum Gasteiger partial charge on any atom is 0.323 e. The van der Waals surface area contributed by atoms with Crippen LogP contribution in [0.1, 0.15) is 27.7 Å². The molecule has 0 saturated carbocycles. The summed E-state index contributed by atoms with van der Waals surface area (Å²) in [5, 5.41) is 2.93. The first kappa shape index (κ1) is 16.4. The zero-order valence-electron chi connectivity index (χ0n) is 13.0. The molecule has 0 aromatic carbocycles. The molecular formula is C13H25N5O2. The average molecular weight is 283 g/mol. The van der Waals surface area contributed by atoms with Crippen LogP contribution in [0, 0.1) is 0 Å². The summed E-state index contributed by atoms with van der Waals surface area (Å²) in [7, 11) is 1.77. The van der Waals surface area contributed by atoms with Crippen LogP contribution < -0.4 is 15.0 Å². The fourth-order valence-corrected chi connectivity index (χ4v) is 1.66. The van der Waals surface area contributed by atoms with Gasteiger partial charge in [0.15, 0.2) is 0 Å². The van der Waals surface area contributed by atoms with Gasteiger partial charge >= 0.3 is 6.01 Å². The van der Waals surface area contributed by atoms with E-state index in [0.29, 0.717) is 31.1 Å². The largest absolute Gasteiger partial charge is 0.458 e. The maximum atomic E-state index is 5.68. The molecule has 0 amide bonds. The second-order valence-corrected chi connectivity index (χ2v) is 4.25. The van der Waals surface area contributed by atoms with Gasteiger partial charge in [-0.1, -0.05) is 0 Å². The minimum absolute atomic E-state index is 0.105. The molecule has 0 bridgehead atoms. The van der Waals surface area contributed by atoms with E-state index < -0.39 is 0 Å². The molecule has 1 atom stereocenters. The van der Waals surface area contributed by atoms with Gasteiger partial charge in [0.1, 0.15) is 6.10 Å². The fourth-order valence-electron chi connectivity index (χ4n) is 1.66. The summed E-state index contributed by atoms with van der Waals surface area (Å²) >= 11 is 0. The number of hydrogen-bond donors (Lipinski definition) is 1. The first-order chi connectivity index (χ1) is 9.64. The van der Waals surface area contributed by atoms with Crippen molar-refractivity contribution >= 4 is 11.9 Å². The van der Waals surface area contributed by atoms with Crippen molar-refractivity contribution in [3.63, 3.8) is 0 Å². The van der Waals surface area contributed by atoms with Crippen LogP contribution in [0.2, 0.25) is 0 Å². The van der Waals surface area contributed by atoms with Crippen LogP contribution in [-0.4, -0.2) is 54.4 Å². The Morgan fingerprint density at radius 3 is 2.40 bits per heavy atom. The topological polar surface area (TPSA) is 72.4 Å². The van der Waals surface area contributed by atoms with Crippen LogP contribution in [0.4, 0.5) is 11.9 Å². The van der Waals surface area contributed by atoms with Crippen molar-refractivity contribution in [2.24, 2.45) is 0 Å². The van der Waals surface area contributed by atoms with Crippen molar-refractivity contribution in [3.8, 4) is 6.01 Å². The number of anilines is 2. The Bertz CT molecular complexity index is 398. The molecular weight excluding hydrogens is 258 g/mol. The van der Waals surface area contributed by atoms with Crippen molar-refractivity contribution in [3.05, 3.63) is 0 Å². The standard InChI is InChI=1S/C13H25N5O2/c1-6-18(7-2)12-15-11(14-5)16-13(17-12)20-10(4)9-19-8-3/h10H,6-9H2,1-5H3,(H,14,15,16,17). The molecule has 1 unspecified atom stereocenters. The van der Waals surface area contributed by atoms with Crippen LogP contribution in [0.5, 0.6) is 6.01 Å². The Morgan fingerprint density at radius 1 is 1.15 bits per heavy atom. The van der Waals surface area contributed by atoms with E-state index in [4.69, 9.17) is 9.47 Å². The minimum Gasteiger partial charge on any atom is -0.458 e. The Balaban J connectivity index is 2.87. The van der Waals surface area contributed by atoms with Crippen LogP contribution in [0.15, 0.2) is 0 Å². The number of rotatable bonds is 9. The van der Waals surface area contributed by atoms with E-state index in [1.54, 1.807) is 7.05 Å². The summed E-state index contributed by atoms with van der Waals surface area (Å²) in [6, 6.07) is 0.318. The van der Waals surface area contributed by atoms with Gasteiger partial charge in [-0.3, -0.25) is 0 Å². The van der Waals surface area contributed by atoms with Gasteiger partial charge < -0.3 is 19.7 Å². The van der Waals surface area contributed by atoms with Gasteiger partial charge in [0.25, 0.3) is 0 Å². The first-order valence-corrected chi connectivity index (χ1v) is 7.07. The van der Waals surface area contributed by atoms with E-state index in [-0.39, 0.29) is 6.10 Å². The van der Waals surface area contributed by atoms with Crippen molar-refractivity contribution < 1.29 is 9.47 Å². The zero-order chi connectivity index (χ0) is 15.0. The molecule has 0 saturated heterocycles. The van der Waals surface area contributed by atoms with Crippen molar-refractivity contribution in [2.75, 3.05) is 43.6 Å². The lowest BCUT2D eigenvalue weighted by Crippen LogP contribution is -2.26. The van der Waals surface area contributed by atoms with Crippen LogP contribution >= 0.6 is 0 Å². The molecule has 0 aliphatic rings.